The lowest BCUT2D eigenvalue weighted by Crippen LogP contribution is -2.53. The fourth-order valence-electron chi connectivity index (χ4n) is 4.75. The number of anilines is 2. The minimum atomic E-state index is -1.45. The van der Waals surface area contributed by atoms with Crippen LogP contribution in [0.15, 0.2) is 42.5 Å². The highest BCUT2D eigenvalue weighted by Gasteiger charge is 2.56. The van der Waals surface area contributed by atoms with Crippen LogP contribution in [0.4, 0.5) is 16.2 Å². The summed E-state index contributed by atoms with van der Waals surface area (Å²) >= 11 is 12.8. The van der Waals surface area contributed by atoms with Gasteiger partial charge in [0.1, 0.15) is 6.04 Å². The Hall–Kier alpha value is -3.34. The van der Waals surface area contributed by atoms with E-state index in [0.29, 0.717) is 11.5 Å². The van der Waals surface area contributed by atoms with Crippen molar-refractivity contribution in [2.45, 2.75) is 19.0 Å². The molecular weight excluding hydrogens is 519 g/mol. The molecule has 1 aliphatic heterocycles. The molecular formula is C25H28Cl2N6O4. The van der Waals surface area contributed by atoms with Crippen LogP contribution >= 0.6 is 23.2 Å². The Labute approximate surface area is 224 Å². The largest absolute Gasteiger partial charge is 0.465 e. The second-order valence-corrected chi connectivity index (χ2v) is 10.3. The van der Waals surface area contributed by atoms with E-state index in [-0.39, 0.29) is 46.6 Å². The van der Waals surface area contributed by atoms with E-state index in [2.05, 4.69) is 5.32 Å². The van der Waals surface area contributed by atoms with Crippen LogP contribution in [0.25, 0.3) is 0 Å². The Morgan fingerprint density at radius 1 is 1.14 bits per heavy atom. The Morgan fingerprint density at radius 2 is 1.78 bits per heavy atom. The predicted octanol–water partition coefficient (Wildman–Crippen LogP) is 3.55. The fourth-order valence-corrected chi connectivity index (χ4v) is 5.37. The van der Waals surface area contributed by atoms with Crippen molar-refractivity contribution in [2.75, 3.05) is 37.4 Å². The normalized spacial score (nSPS) is 19.8. The Morgan fingerprint density at radius 3 is 2.38 bits per heavy atom. The van der Waals surface area contributed by atoms with Gasteiger partial charge in [-0.25, -0.2) is 4.79 Å². The molecule has 1 heterocycles. The molecule has 3 atom stereocenters. The number of nitrogens with zero attached hydrogens (tertiary/aromatic N) is 3. The zero-order valence-electron chi connectivity index (χ0n) is 20.4. The first-order valence-electron chi connectivity index (χ1n) is 11.7. The number of para-hydroxylation sites is 1. The molecule has 0 radical (unpaired) electrons. The minimum Gasteiger partial charge on any atom is -0.465 e. The third-order valence-corrected chi connectivity index (χ3v) is 7.01. The third kappa shape index (κ3) is 6.15. The van der Waals surface area contributed by atoms with E-state index < -0.39 is 18.1 Å². The highest BCUT2D eigenvalue weighted by molar-refractivity contribution is 6.39. The second kappa shape index (κ2) is 11.0. The molecule has 3 amide bonds. The molecule has 2 fully saturated rings. The molecule has 196 valence electrons. The maximum Gasteiger partial charge on any atom is 0.411 e. The quantitative estimate of drug-likeness (QED) is 0.310. The molecule has 4 rings (SSSR count). The van der Waals surface area contributed by atoms with E-state index in [1.165, 1.54) is 12.1 Å². The smallest absolute Gasteiger partial charge is 0.411 e. The average molecular weight is 547 g/mol. The number of fused-ring (bicyclic) bond motifs is 1. The number of hydrogen-bond donors (Lipinski definition) is 4. The first kappa shape index (κ1) is 26.7. The number of benzene rings is 2. The maximum absolute atomic E-state index is 13.9. The number of nitrogens with one attached hydrogen (secondary N) is 3. The lowest BCUT2D eigenvalue weighted by Gasteiger charge is -2.33. The van der Waals surface area contributed by atoms with Crippen LogP contribution in [0, 0.1) is 17.2 Å². The average Bonchev–Trinajstić information content (AvgIpc) is 3.48. The number of carbonyl (C=O) groups is 3. The monoisotopic (exact) mass is 546 g/mol. The Kier molecular flexibility index (Phi) is 7.91. The summed E-state index contributed by atoms with van der Waals surface area (Å²) in [5.74, 6) is -0.735. The van der Waals surface area contributed by atoms with Gasteiger partial charge in [0.2, 0.25) is 11.9 Å². The summed E-state index contributed by atoms with van der Waals surface area (Å²) in [6.45, 7) is 0.716. The van der Waals surface area contributed by atoms with Gasteiger partial charge in [-0.05, 0) is 62.2 Å². The summed E-state index contributed by atoms with van der Waals surface area (Å²) < 4.78 is 0. The molecule has 0 aromatic heterocycles. The van der Waals surface area contributed by atoms with Gasteiger partial charge in [0.15, 0.2) is 0 Å². The number of likely N-dealkylation sites (N-methyl/N-ethyl adjacent to an activating group) is 1. The number of piperidine rings is 1. The van der Waals surface area contributed by atoms with Crippen LogP contribution < -0.4 is 15.5 Å². The first-order chi connectivity index (χ1) is 17.5. The molecule has 3 unspecified atom stereocenters. The van der Waals surface area contributed by atoms with Crippen molar-refractivity contribution in [3.05, 3.63) is 58.1 Å². The van der Waals surface area contributed by atoms with Crippen molar-refractivity contribution in [2.24, 2.45) is 11.8 Å². The molecule has 0 spiro atoms. The van der Waals surface area contributed by atoms with Gasteiger partial charge in [0.05, 0.1) is 28.8 Å². The topological polar surface area (TPSA) is 129 Å². The number of rotatable bonds is 7. The Balaban J connectivity index is 1.60. The van der Waals surface area contributed by atoms with E-state index in [4.69, 9.17) is 28.6 Å². The van der Waals surface area contributed by atoms with Gasteiger partial charge < -0.3 is 20.2 Å². The fraction of sp³-hybridized carbons (Fsp3) is 0.360. The van der Waals surface area contributed by atoms with E-state index >= 15 is 0 Å². The molecule has 1 saturated carbocycles. The zero-order chi connectivity index (χ0) is 26.9. The van der Waals surface area contributed by atoms with Gasteiger partial charge in [-0.2, -0.15) is 0 Å². The summed E-state index contributed by atoms with van der Waals surface area (Å²) in [5, 5.41) is 22.6. The Bertz CT molecular complexity index is 1200. The number of hydrogen-bond acceptors (Lipinski definition) is 6. The van der Waals surface area contributed by atoms with Crippen molar-refractivity contribution in [1.29, 1.82) is 5.41 Å². The summed E-state index contributed by atoms with van der Waals surface area (Å²) in [6.07, 6.45) is -0.542. The molecule has 0 bridgehead atoms. The number of carbonyl (C=O) groups excluding carboxylic acids is 2. The van der Waals surface area contributed by atoms with Gasteiger partial charge in [0, 0.05) is 12.2 Å². The second-order valence-electron chi connectivity index (χ2n) is 9.52. The van der Waals surface area contributed by atoms with Gasteiger partial charge in [-0.1, -0.05) is 41.4 Å². The van der Waals surface area contributed by atoms with Crippen molar-refractivity contribution in [1.82, 2.24) is 15.1 Å². The molecule has 2 aliphatic rings. The SMILES string of the molecule is CN(C)CC(=O)Nc1c(Cl)cc(CN(C(=N)NC(=O)O)C(=O)C2C3CC3CN2c2ccccc2)cc1Cl. The van der Waals surface area contributed by atoms with Crippen molar-refractivity contribution < 1.29 is 19.5 Å². The first-order valence-corrected chi connectivity index (χ1v) is 12.4. The van der Waals surface area contributed by atoms with Gasteiger partial charge in [-0.15, -0.1) is 0 Å². The van der Waals surface area contributed by atoms with E-state index in [1.807, 2.05) is 40.5 Å². The van der Waals surface area contributed by atoms with Crippen molar-refractivity contribution in [3.8, 4) is 0 Å². The lowest BCUT2D eigenvalue weighted by atomic mass is 10.1. The molecule has 2 aromatic rings. The summed E-state index contributed by atoms with van der Waals surface area (Å²) in [5.41, 5.74) is 1.61. The van der Waals surface area contributed by atoms with Crippen LogP contribution in [0.2, 0.25) is 10.0 Å². The zero-order valence-corrected chi connectivity index (χ0v) is 21.9. The van der Waals surface area contributed by atoms with Crippen molar-refractivity contribution in [3.63, 3.8) is 0 Å². The number of halogens is 2. The van der Waals surface area contributed by atoms with E-state index in [9.17, 15) is 19.5 Å². The minimum absolute atomic E-state index is 0.134. The van der Waals surface area contributed by atoms with E-state index in [0.717, 1.165) is 23.6 Å². The number of carboxylic acid groups (broad SMARTS) is 1. The molecule has 1 saturated heterocycles. The van der Waals surface area contributed by atoms with Gasteiger partial charge in [0.25, 0.3) is 5.91 Å². The molecule has 4 N–H and O–H groups in total. The van der Waals surface area contributed by atoms with Crippen LogP contribution in [0.3, 0.4) is 0 Å². The highest BCUT2D eigenvalue weighted by Crippen LogP contribution is 2.51. The highest BCUT2D eigenvalue weighted by atomic mass is 35.5. The number of amides is 3. The third-order valence-electron chi connectivity index (χ3n) is 6.42. The predicted molar refractivity (Wildman–Crippen MR) is 142 cm³/mol. The number of guanidine groups is 1. The standard InChI is InChI=1S/C25H28Cl2N6O4/c1-31(2)13-20(34)29-21-18(26)8-14(9-19(21)27)11-33(24(28)30-25(36)37)23(35)22-17-10-15(17)12-32(22)16-6-4-3-5-7-16/h3-9,15,17,22H,10-13H2,1-2H3,(H2,28,30)(H,29,34)(H,36,37). The van der Waals surface area contributed by atoms with E-state index in [1.54, 1.807) is 19.0 Å². The van der Waals surface area contributed by atoms with Gasteiger partial charge in [-0.3, -0.25) is 25.2 Å². The summed E-state index contributed by atoms with van der Waals surface area (Å²) in [7, 11) is 3.51. The van der Waals surface area contributed by atoms with Crippen molar-refractivity contribution >= 4 is 58.4 Å². The molecule has 37 heavy (non-hydrogen) atoms. The lowest BCUT2D eigenvalue weighted by molar-refractivity contribution is -0.129. The van der Waals surface area contributed by atoms with Crippen LogP contribution in [0.5, 0.6) is 0 Å². The summed E-state index contributed by atoms with van der Waals surface area (Å²) in [6, 6.07) is 12.1. The molecule has 1 aliphatic carbocycles. The van der Waals surface area contributed by atoms with Gasteiger partial charge >= 0.3 is 6.09 Å². The maximum atomic E-state index is 13.9. The van der Waals surface area contributed by atoms with Crippen LogP contribution in [-0.2, 0) is 16.1 Å². The summed E-state index contributed by atoms with van der Waals surface area (Å²) in [4.78, 5) is 42.2. The molecule has 2 aromatic carbocycles. The van der Waals surface area contributed by atoms with Crippen LogP contribution in [0.1, 0.15) is 12.0 Å². The van der Waals surface area contributed by atoms with Crippen LogP contribution in [-0.4, -0.2) is 72.0 Å². The molecule has 10 nitrogen and oxygen atoms in total. The molecule has 12 heteroatoms.